The van der Waals surface area contributed by atoms with Gasteiger partial charge in [-0.2, -0.15) is 0 Å². The molecule has 0 saturated carbocycles. The third-order valence-corrected chi connectivity index (χ3v) is 3.79. The number of amides is 1. The molecular formula is C14H24N4O2. The minimum atomic E-state index is -0.0531. The Morgan fingerprint density at radius 2 is 2.25 bits per heavy atom. The lowest BCUT2D eigenvalue weighted by Crippen LogP contribution is -2.40. The second-order valence-electron chi connectivity index (χ2n) is 5.77. The van der Waals surface area contributed by atoms with E-state index in [1.807, 2.05) is 13.8 Å². The zero-order chi connectivity index (χ0) is 14.5. The number of nitrogens with one attached hydrogen (secondary N) is 1. The number of rotatable bonds is 5. The molecule has 2 heterocycles. The predicted octanol–water partition coefficient (Wildman–Crippen LogP) is 1.41. The first-order valence-electron chi connectivity index (χ1n) is 7.27. The highest BCUT2D eigenvalue weighted by atomic mass is 16.5. The minimum Gasteiger partial charge on any atom is -0.338 e. The Labute approximate surface area is 119 Å². The van der Waals surface area contributed by atoms with Crippen molar-refractivity contribution in [2.75, 3.05) is 31.5 Å². The molecule has 1 aliphatic heterocycles. The van der Waals surface area contributed by atoms with E-state index in [4.69, 9.17) is 10.3 Å². The molecule has 1 amide bonds. The summed E-state index contributed by atoms with van der Waals surface area (Å²) in [5.74, 6) is 1.27. The lowest BCUT2D eigenvalue weighted by molar-refractivity contribution is -0.117. The molecule has 6 nitrogen and oxygen atoms in total. The van der Waals surface area contributed by atoms with E-state index >= 15 is 0 Å². The quantitative estimate of drug-likeness (QED) is 0.852. The third kappa shape index (κ3) is 4.05. The predicted molar refractivity (Wildman–Crippen MR) is 77.4 cm³/mol. The van der Waals surface area contributed by atoms with Gasteiger partial charge in [0.25, 0.3) is 0 Å². The Balaban J connectivity index is 1.77. The maximum Gasteiger partial charge on any atom is 0.240 e. The number of piperidine rings is 1. The summed E-state index contributed by atoms with van der Waals surface area (Å²) in [5, 5.41) is 6.67. The van der Waals surface area contributed by atoms with Gasteiger partial charge in [-0.3, -0.25) is 15.0 Å². The van der Waals surface area contributed by atoms with Crippen LogP contribution in [-0.2, 0) is 4.79 Å². The Bertz CT molecular complexity index is 436. The van der Waals surface area contributed by atoms with E-state index in [0.29, 0.717) is 24.3 Å². The summed E-state index contributed by atoms with van der Waals surface area (Å²) in [6.45, 7) is 7.08. The lowest BCUT2D eigenvalue weighted by atomic mass is 9.97. The summed E-state index contributed by atoms with van der Waals surface area (Å²) in [4.78, 5) is 14.1. The molecule has 1 fully saturated rings. The fourth-order valence-electron chi connectivity index (χ4n) is 2.38. The van der Waals surface area contributed by atoms with Crippen LogP contribution in [0.25, 0.3) is 0 Å². The number of nitrogens with two attached hydrogens (primary N) is 1. The lowest BCUT2D eigenvalue weighted by Gasteiger charge is -2.30. The molecule has 6 heteroatoms. The van der Waals surface area contributed by atoms with Crippen LogP contribution in [0, 0.1) is 5.92 Å². The van der Waals surface area contributed by atoms with Crippen LogP contribution in [0.5, 0.6) is 0 Å². The van der Waals surface area contributed by atoms with Crippen molar-refractivity contribution >= 4 is 11.8 Å². The van der Waals surface area contributed by atoms with Crippen LogP contribution in [0.3, 0.4) is 0 Å². The number of aromatic nitrogens is 1. The van der Waals surface area contributed by atoms with Crippen LogP contribution in [0.15, 0.2) is 10.6 Å². The molecular weight excluding hydrogens is 256 g/mol. The number of hydrogen-bond acceptors (Lipinski definition) is 5. The summed E-state index contributed by atoms with van der Waals surface area (Å²) in [6.07, 6.45) is 2.15. The van der Waals surface area contributed by atoms with Crippen LogP contribution >= 0.6 is 0 Å². The van der Waals surface area contributed by atoms with Gasteiger partial charge in [-0.05, 0) is 44.3 Å². The van der Waals surface area contributed by atoms with Crippen molar-refractivity contribution in [2.24, 2.45) is 11.7 Å². The van der Waals surface area contributed by atoms with Crippen LogP contribution < -0.4 is 11.1 Å². The zero-order valence-corrected chi connectivity index (χ0v) is 12.3. The molecule has 112 valence electrons. The number of nitrogens with zero attached hydrogens (tertiary/aromatic N) is 2. The van der Waals surface area contributed by atoms with Crippen molar-refractivity contribution in [3.05, 3.63) is 11.8 Å². The summed E-state index contributed by atoms with van der Waals surface area (Å²) in [6, 6.07) is 1.78. The van der Waals surface area contributed by atoms with E-state index in [2.05, 4.69) is 15.4 Å². The van der Waals surface area contributed by atoms with E-state index in [1.165, 1.54) is 0 Å². The van der Waals surface area contributed by atoms with Crippen molar-refractivity contribution in [3.63, 3.8) is 0 Å². The van der Waals surface area contributed by atoms with Gasteiger partial charge in [0.05, 0.1) is 12.2 Å². The molecule has 0 spiro atoms. The van der Waals surface area contributed by atoms with Gasteiger partial charge in [-0.25, -0.2) is 0 Å². The fourth-order valence-corrected chi connectivity index (χ4v) is 2.38. The van der Waals surface area contributed by atoms with Gasteiger partial charge in [-0.15, -0.1) is 0 Å². The van der Waals surface area contributed by atoms with Crippen LogP contribution in [0.4, 0.5) is 5.88 Å². The minimum absolute atomic E-state index is 0.0531. The maximum atomic E-state index is 11.9. The molecule has 3 N–H and O–H groups in total. The number of carbonyl (C=O) groups is 1. The zero-order valence-electron chi connectivity index (χ0n) is 12.3. The van der Waals surface area contributed by atoms with E-state index < -0.39 is 0 Å². The Hall–Kier alpha value is -1.40. The third-order valence-electron chi connectivity index (χ3n) is 3.79. The van der Waals surface area contributed by atoms with Gasteiger partial charge in [0.1, 0.15) is 0 Å². The molecule has 0 unspecified atom stereocenters. The number of carbonyl (C=O) groups excluding carboxylic acids is 1. The van der Waals surface area contributed by atoms with Gasteiger partial charge in [0, 0.05) is 6.07 Å². The van der Waals surface area contributed by atoms with Gasteiger partial charge < -0.3 is 10.3 Å². The SMILES string of the molecule is CC(C)c1cc(NC(=O)CN2CCC(CN)CC2)on1. The molecule has 0 radical (unpaired) electrons. The van der Waals surface area contributed by atoms with E-state index in [1.54, 1.807) is 6.07 Å². The smallest absolute Gasteiger partial charge is 0.240 e. The number of anilines is 1. The first kappa shape index (κ1) is 15.0. The first-order valence-corrected chi connectivity index (χ1v) is 7.27. The fraction of sp³-hybridized carbons (Fsp3) is 0.714. The molecule has 1 aliphatic rings. The first-order chi connectivity index (χ1) is 9.58. The van der Waals surface area contributed by atoms with Crippen molar-refractivity contribution in [1.29, 1.82) is 0 Å². The van der Waals surface area contributed by atoms with Crippen molar-refractivity contribution in [2.45, 2.75) is 32.6 Å². The van der Waals surface area contributed by atoms with E-state index in [-0.39, 0.29) is 5.91 Å². The van der Waals surface area contributed by atoms with Crippen molar-refractivity contribution in [3.8, 4) is 0 Å². The molecule has 0 aliphatic carbocycles. The molecule has 0 bridgehead atoms. The number of likely N-dealkylation sites (tertiary alicyclic amines) is 1. The van der Waals surface area contributed by atoms with Gasteiger partial charge >= 0.3 is 0 Å². The van der Waals surface area contributed by atoms with Gasteiger partial charge in [0.2, 0.25) is 11.8 Å². The van der Waals surface area contributed by atoms with Gasteiger partial charge in [0.15, 0.2) is 0 Å². The Morgan fingerprint density at radius 1 is 1.55 bits per heavy atom. The second kappa shape index (κ2) is 6.85. The molecule has 2 rings (SSSR count). The monoisotopic (exact) mass is 280 g/mol. The molecule has 0 aromatic carbocycles. The van der Waals surface area contributed by atoms with Crippen LogP contribution in [0.1, 0.15) is 38.3 Å². The van der Waals surface area contributed by atoms with Crippen molar-refractivity contribution in [1.82, 2.24) is 10.1 Å². The van der Waals surface area contributed by atoms with E-state index in [9.17, 15) is 4.79 Å². The maximum absolute atomic E-state index is 11.9. The standard InChI is InChI=1S/C14H24N4O2/c1-10(2)12-7-14(20-17-12)16-13(19)9-18-5-3-11(8-15)4-6-18/h7,10-11H,3-6,8-9,15H2,1-2H3,(H,16,19). The topological polar surface area (TPSA) is 84.4 Å². The van der Waals surface area contributed by atoms with Crippen LogP contribution in [0.2, 0.25) is 0 Å². The summed E-state index contributed by atoms with van der Waals surface area (Å²) in [7, 11) is 0. The average molecular weight is 280 g/mol. The molecule has 0 atom stereocenters. The highest BCUT2D eigenvalue weighted by molar-refractivity contribution is 5.90. The average Bonchev–Trinajstić information content (AvgIpc) is 2.88. The molecule has 20 heavy (non-hydrogen) atoms. The summed E-state index contributed by atoms with van der Waals surface area (Å²) >= 11 is 0. The molecule has 1 aromatic heterocycles. The Kier molecular flexibility index (Phi) is 5.14. The van der Waals surface area contributed by atoms with Gasteiger partial charge in [-0.1, -0.05) is 19.0 Å². The normalized spacial score (nSPS) is 17.6. The number of hydrogen-bond donors (Lipinski definition) is 2. The highest BCUT2D eigenvalue weighted by Gasteiger charge is 2.20. The van der Waals surface area contributed by atoms with E-state index in [0.717, 1.165) is 38.2 Å². The summed E-state index contributed by atoms with van der Waals surface area (Å²) in [5.41, 5.74) is 6.51. The largest absolute Gasteiger partial charge is 0.338 e. The Morgan fingerprint density at radius 3 is 2.80 bits per heavy atom. The highest BCUT2D eigenvalue weighted by Crippen LogP contribution is 2.18. The van der Waals surface area contributed by atoms with Crippen molar-refractivity contribution < 1.29 is 9.32 Å². The second-order valence-corrected chi connectivity index (χ2v) is 5.77. The molecule has 1 saturated heterocycles. The molecule has 1 aromatic rings. The summed E-state index contributed by atoms with van der Waals surface area (Å²) < 4.78 is 5.10. The van der Waals surface area contributed by atoms with Crippen LogP contribution in [-0.4, -0.2) is 42.1 Å².